The smallest absolute Gasteiger partial charge is 0.270 e. The van der Waals surface area contributed by atoms with Crippen LogP contribution in [-0.4, -0.2) is 21.7 Å². The van der Waals surface area contributed by atoms with Gasteiger partial charge in [0.1, 0.15) is 5.69 Å². The average molecular weight is 386 g/mol. The number of nitrogens with zero attached hydrogens (tertiary/aromatic N) is 2. The third-order valence-electron chi connectivity index (χ3n) is 6.81. The van der Waals surface area contributed by atoms with Gasteiger partial charge in [0.2, 0.25) is 0 Å². The van der Waals surface area contributed by atoms with Crippen LogP contribution in [0.1, 0.15) is 43.1 Å². The molecule has 0 radical (unpaired) electrons. The van der Waals surface area contributed by atoms with Crippen molar-refractivity contribution in [3.63, 3.8) is 0 Å². The van der Waals surface area contributed by atoms with Gasteiger partial charge in [-0.15, -0.1) is 0 Å². The third-order valence-corrected chi connectivity index (χ3v) is 6.81. The average Bonchev–Trinajstić information content (AvgIpc) is 3.50. The van der Waals surface area contributed by atoms with Gasteiger partial charge in [-0.3, -0.25) is 4.79 Å². The maximum atomic E-state index is 13.3. The lowest BCUT2D eigenvalue weighted by Crippen LogP contribution is -2.40. The van der Waals surface area contributed by atoms with E-state index in [0.29, 0.717) is 11.6 Å². The van der Waals surface area contributed by atoms with E-state index in [9.17, 15) is 4.79 Å². The minimum atomic E-state index is -0.0428. The normalized spacial score (nSPS) is 23.8. The fourth-order valence-electron chi connectivity index (χ4n) is 5.35. The Morgan fingerprint density at radius 3 is 2.41 bits per heavy atom. The third kappa shape index (κ3) is 3.48. The van der Waals surface area contributed by atoms with Crippen LogP contribution in [0, 0.1) is 17.8 Å². The summed E-state index contributed by atoms with van der Waals surface area (Å²) in [6, 6.07) is 22.0. The van der Waals surface area contributed by atoms with E-state index in [0.717, 1.165) is 28.8 Å². The quantitative estimate of drug-likeness (QED) is 0.665. The van der Waals surface area contributed by atoms with Gasteiger partial charge in [-0.1, -0.05) is 55.0 Å². The van der Waals surface area contributed by atoms with Gasteiger partial charge in [0.25, 0.3) is 5.91 Å². The minimum absolute atomic E-state index is 0.0428. The monoisotopic (exact) mass is 385 g/mol. The summed E-state index contributed by atoms with van der Waals surface area (Å²) in [6.45, 7) is 2.17. The van der Waals surface area contributed by atoms with Crippen LogP contribution in [0.25, 0.3) is 16.9 Å². The summed E-state index contributed by atoms with van der Waals surface area (Å²) in [4.78, 5) is 13.3. The molecular formula is C25H27N3O. The molecule has 5 rings (SSSR count). The number of fused-ring (bicyclic) bond motifs is 2. The summed E-state index contributed by atoms with van der Waals surface area (Å²) < 4.78 is 1.77. The predicted molar refractivity (Wildman–Crippen MR) is 115 cm³/mol. The fourth-order valence-corrected chi connectivity index (χ4v) is 5.35. The van der Waals surface area contributed by atoms with Gasteiger partial charge in [-0.05, 0) is 62.1 Å². The Morgan fingerprint density at radius 1 is 1.03 bits per heavy atom. The molecule has 3 aromatic rings. The lowest BCUT2D eigenvalue weighted by atomic mass is 9.84. The van der Waals surface area contributed by atoms with Crippen LogP contribution in [0.2, 0.25) is 0 Å². The zero-order valence-corrected chi connectivity index (χ0v) is 16.8. The molecule has 0 spiro atoms. The number of carbonyl (C=O) groups is 1. The van der Waals surface area contributed by atoms with Gasteiger partial charge in [0.15, 0.2) is 0 Å². The largest absolute Gasteiger partial charge is 0.348 e. The van der Waals surface area contributed by atoms with E-state index in [2.05, 4.69) is 12.2 Å². The van der Waals surface area contributed by atoms with E-state index in [1.807, 2.05) is 66.7 Å². The fraction of sp³-hybridized carbons (Fsp3) is 0.360. The highest BCUT2D eigenvalue weighted by atomic mass is 16.2. The molecule has 0 aliphatic heterocycles. The Bertz CT molecular complexity index is 995. The van der Waals surface area contributed by atoms with Gasteiger partial charge in [0, 0.05) is 11.6 Å². The van der Waals surface area contributed by atoms with Crippen molar-refractivity contribution in [3.8, 4) is 16.9 Å². The minimum Gasteiger partial charge on any atom is -0.348 e. The summed E-state index contributed by atoms with van der Waals surface area (Å²) in [7, 11) is 0. The number of para-hydroxylation sites is 1. The first-order valence-corrected chi connectivity index (χ1v) is 10.7. The maximum absolute atomic E-state index is 13.3. The molecule has 1 amide bonds. The van der Waals surface area contributed by atoms with Crippen molar-refractivity contribution in [1.82, 2.24) is 15.1 Å². The maximum Gasteiger partial charge on any atom is 0.270 e. The lowest BCUT2D eigenvalue weighted by molar-refractivity contribution is 0.0907. The van der Waals surface area contributed by atoms with Crippen molar-refractivity contribution >= 4 is 5.91 Å². The first-order chi connectivity index (χ1) is 14.2. The molecule has 29 heavy (non-hydrogen) atoms. The molecule has 4 atom stereocenters. The van der Waals surface area contributed by atoms with Crippen LogP contribution in [0.3, 0.4) is 0 Å². The Labute approximate surface area is 172 Å². The SMILES string of the molecule is CC(NC(=O)c1cc(-c2ccccc2)nn1-c1ccccc1)C1CC2CCC1C2. The van der Waals surface area contributed by atoms with Gasteiger partial charge in [0.05, 0.1) is 11.4 Å². The standard InChI is InChI=1S/C25H27N3O/c1-17(22-15-18-12-13-20(22)14-18)26-25(29)24-16-23(19-8-4-2-5-9-19)27-28(24)21-10-6-3-7-11-21/h2-11,16-18,20,22H,12-15H2,1H3,(H,26,29). The molecule has 2 aliphatic rings. The number of rotatable bonds is 5. The highest BCUT2D eigenvalue weighted by Gasteiger charge is 2.42. The highest BCUT2D eigenvalue weighted by Crippen LogP contribution is 2.49. The first-order valence-electron chi connectivity index (χ1n) is 10.7. The second-order valence-corrected chi connectivity index (χ2v) is 8.63. The number of benzene rings is 2. The van der Waals surface area contributed by atoms with Gasteiger partial charge < -0.3 is 5.32 Å². The Hall–Kier alpha value is -2.88. The zero-order valence-electron chi connectivity index (χ0n) is 16.8. The van der Waals surface area contributed by atoms with Gasteiger partial charge >= 0.3 is 0 Å². The topological polar surface area (TPSA) is 46.9 Å². The number of amides is 1. The molecule has 0 saturated heterocycles. The van der Waals surface area contributed by atoms with Crippen LogP contribution in [-0.2, 0) is 0 Å². The van der Waals surface area contributed by atoms with E-state index < -0.39 is 0 Å². The van der Waals surface area contributed by atoms with E-state index >= 15 is 0 Å². The Kier molecular flexibility index (Phi) is 4.70. The van der Waals surface area contributed by atoms with Gasteiger partial charge in [-0.25, -0.2) is 4.68 Å². The summed E-state index contributed by atoms with van der Waals surface area (Å²) in [5, 5.41) is 8.07. The summed E-state index contributed by atoms with van der Waals surface area (Å²) >= 11 is 0. The molecule has 1 aromatic heterocycles. The summed E-state index contributed by atoms with van der Waals surface area (Å²) in [5.41, 5.74) is 3.31. The van der Waals surface area contributed by atoms with Crippen LogP contribution in [0.4, 0.5) is 0 Å². The van der Waals surface area contributed by atoms with Crippen molar-refractivity contribution in [1.29, 1.82) is 0 Å². The number of hydrogen-bond donors (Lipinski definition) is 1. The highest BCUT2D eigenvalue weighted by molar-refractivity contribution is 5.94. The molecule has 4 heteroatoms. The molecule has 1 N–H and O–H groups in total. The molecule has 2 aromatic carbocycles. The molecule has 2 aliphatic carbocycles. The molecule has 148 valence electrons. The van der Waals surface area contributed by atoms with Crippen molar-refractivity contribution in [2.75, 3.05) is 0 Å². The van der Waals surface area contributed by atoms with Crippen LogP contribution < -0.4 is 5.32 Å². The molecule has 2 fully saturated rings. The number of aromatic nitrogens is 2. The van der Waals surface area contributed by atoms with Crippen LogP contribution in [0.5, 0.6) is 0 Å². The molecule has 1 heterocycles. The molecular weight excluding hydrogens is 358 g/mol. The van der Waals surface area contributed by atoms with E-state index in [-0.39, 0.29) is 11.9 Å². The number of hydrogen-bond acceptors (Lipinski definition) is 2. The number of nitrogens with one attached hydrogen (secondary N) is 1. The van der Waals surface area contributed by atoms with Crippen molar-refractivity contribution in [2.24, 2.45) is 17.8 Å². The van der Waals surface area contributed by atoms with Crippen molar-refractivity contribution in [2.45, 2.75) is 38.6 Å². The van der Waals surface area contributed by atoms with E-state index in [4.69, 9.17) is 5.10 Å². The zero-order chi connectivity index (χ0) is 19.8. The van der Waals surface area contributed by atoms with Gasteiger partial charge in [-0.2, -0.15) is 5.10 Å². The summed E-state index contributed by atoms with van der Waals surface area (Å²) in [6.07, 6.45) is 5.32. The first kappa shape index (κ1) is 18.2. The van der Waals surface area contributed by atoms with Crippen LogP contribution >= 0.6 is 0 Å². The van der Waals surface area contributed by atoms with Crippen molar-refractivity contribution in [3.05, 3.63) is 72.4 Å². The molecule has 2 bridgehead atoms. The Balaban J connectivity index is 1.44. The Morgan fingerprint density at radius 2 is 1.76 bits per heavy atom. The summed E-state index contributed by atoms with van der Waals surface area (Å²) in [5.74, 6) is 2.23. The number of carbonyl (C=O) groups excluding carboxylic acids is 1. The second-order valence-electron chi connectivity index (χ2n) is 8.63. The van der Waals surface area contributed by atoms with Crippen molar-refractivity contribution < 1.29 is 4.79 Å². The lowest BCUT2D eigenvalue weighted by Gasteiger charge is -2.28. The van der Waals surface area contributed by atoms with Crippen LogP contribution in [0.15, 0.2) is 66.7 Å². The molecule has 2 saturated carbocycles. The second kappa shape index (κ2) is 7.51. The predicted octanol–water partition coefficient (Wildman–Crippen LogP) is 5.09. The molecule has 4 nitrogen and oxygen atoms in total. The van der Waals surface area contributed by atoms with E-state index in [1.165, 1.54) is 25.7 Å². The van der Waals surface area contributed by atoms with E-state index in [1.54, 1.807) is 4.68 Å². The molecule has 4 unspecified atom stereocenters.